The van der Waals surface area contributed by atoms with Gasteiger partial charge >= 0.3 is 0 Å². The highest BCUT2D eigenvalue weighted by Gasteiger charge is 2.06. The predicted octanol–water partition coefficient (Wildman–Crippen LogP) is 3.90. The molecule has 0 aliphatic rings. The predicted molar refractivity (Wildman–Crippen MR) is 86.5 cm³/mol. The van der Waals surface area contributed by atoms with Crippen LogP contribution in [0.15, 0.2) is 53.3 Å². The van der Waals surface area contributed by atoms with Crippen LogP contribution in [0.1, 0.15) is 5.56 Å². The maximum absolute atomic E-state index is 5.93. The molecular formula is C16H14BrN3O. The summed E-state index contributed by atoms with van der Waals surface area (Å²) in [6, 6.07) is 11.7. The van der Waals surface area contributed by atoms with Crippen molar-refractivity contribution in [3.8, 4) is 11.5 Å². The zero-order valence-electron chi connectivity index (χ0n) is 11.5. The van der Waals surface area contributed by atoms with E-state index in [2.05, 4.69) is 31.2 Å². The van der Waals surface area contributed by atoms with E-state index in [1.54, 1.807) is 12.4 Å². The normalized spacial score (nSPS) is 10.8. The maximum atomic E-state index is 5.93. The minimum Gasteiger partial charge on any atom is -0.455 e. The lowest BCUT2D eigenvalue weighted by Crippen LogP contribution is -2.04. The van der Waals surface area contributed by atoms with Gasteiger partial charge in [0.15, 0.2) is 5.75 Å². The van der Waals surface area contributed by atoms with Gasteiger partial charge in [-0.2, -0.15) is 0 Å². The van der Waals surface area contributed by atoms with Crippen molar-refractivity contribution in [2.45, 2.75) is 6.54 Å². The summed E-state index contributed by atoms with van der Waals surface area (Å²) in [5.74, 6) is 1.49. The van der Waals surface area contributed by atoms with Crippen LogP contribution in [0.25, 0.3) is 11.0 Å². The third kappa shape index (κ3) is 3.20. The van der Waals surface area contributed by atoms with Crippen molar-refractivity contribution >= 4 is 27.0 Å². The highest BCUT2D eigenvalue weighted by Crippen LogP contribution is 2.28. The van der Waals surface area contributed by atoms with Gasteiger partial charge in [0.1, 0.15) is 11.3 Å². The topological polar surface area (TPSA) is 47.0 Å². The van der Waals surface area contributed by atoms with Crippen LogP contribution < -0.4 is 10.1 Å². The quantitative estimate of drug-likeness (QED) is 0.780. The van der Waals surface area contributed by atoms with Gasteiger partial charge in [0.25, 0.3) is 0 Å². The lowest BCUT2D eigenvalue weighted by atomic mass is 10.2. The first kappa shape index (κ1) is 14.0. The van der Waals surface area contributed by atoms with Crippen molar-refractivity contribution < 1.29 is 4.74 Å². The minimum atomic E-state index is 0.703. The summed E-state index contributed by atoms with van der Waals surface area (Å²) in [6.45, 7) is 0.841. The number of fused-ring (bicyclic) bond motifs is 1. The molecule has 0 fully saturated rings. The van der Waals surface area contributed by atoms with Gasteiger partial charge in [-0.25, -0.2) is 4.98 Å². The Hall–Kier alpha value is -1.98. The molecule has 0 amide bonds. The molecule has 2 aromatic heterocycles. The molecule has 0 aliphatic carbocycles. The Labute approximate surface area is 131 Å². The first-order chi connectivity index (χ1) is 10.3. The van der Waals surface area contributed by atoms with E-state index in [1.807, 2.05) is 43.4 Å². The van der Waals surface area contributed by atoms with Crippen molar-refractivity contribution in [1.29, 1.82) is 0 Å². The summed E-state index contributed by atoms with van der Waals surface area (Å²) < 4.78 is 6.83. The van der Waals surface area contributed by atoms with Crippen molar-refractivity contribution in [3.05, 3.63) is 58.8 Å². The second-order valence-electron chi connectivity index (χ2n) is 4.61. The van der Waals surface area contributed by atoms with Gasteiger partial charge in [-0.15, -0.1) is 0 Å². The number of nitrogens with zero attached hydrogens (tertiary/aromatic N) is 2. The van der Waals surface area contributed by atoms with Crippen molar-refractivity contribution in [2.75, 3.05) is 7.05 Å². The van der Waals surface area contributed by atoms with Crippen LogP contribution in [0.2, 0.25) is 0 Å². The van der Waals surface area contributed by atoms with Gasteiger partial charge < -0.3 is 10.1 Å². The van der Waals surface area contributed by atoms with Crippen LogP contribution in [-0.2, 0) is 6.54 Å². The number of benzene rings is 1. The number of pyridine rings is 2. The van der Waals surface area contributed by atoms with Crippen molar-refractivity contribution in [2.24, 2.45) is 0 Å². The molecule has 106 valence electrons. The van der Waals surface area contributed by atoms with E-state index in [4.69, 9.17) is 4.74 Å². The highest BCUT2D eigenvalue weighted by atomic mass is 79.9. The molecule has 0 aliphatic heterocycles. The number of rotatable bonds is 4. The van der Waals surface area contributed by atoms with E-state index in [-0.39, 0.29) is 0 Å². The molecule has 3 aromatic rings. The zero-order chi connectivity index (χ0) is 14.7. The van der Waals surface area contributed by atoms with Gasteiger partial charge in [0.2, 0.25) is 0 Å². The standard InChI is InChI=1S/C16H14BrN3O/c1-18-9-11-2-4-13(5-3-11)21-15-6-7-19-14-8-12(17)10-20-16(14)15/h2-8,10,18H,9H2,1H3. The fraction of sp³-hybridized carbons (Fsp3) is 0.125. The summed E-state index contributed by atoms with van der Waals surface area (Å²) in [7, 11) is 1.93. The monoisotopic (exact) mass is 343 g/mol. The number of aromatic nitrogens is 2. The lowest BCUT2D eigenvalue weighted by molar-refractivity contribution is 0.486. The summed E-state index contributed by atoms with van der Waals surface area (Å²) in [5.41, 5.74) is 2.76. The molecule has 0 radical (unpaired) electrons. The lowest BCUT2D eigenvalue weighted by Gasteiger charge is -2.08. The molecule has 21 heavy (non-hydrogen) atoms. The number of hydrogen-bond donors (Lipinski definition) is 1. The summed E-state index contributed by atoms with van der Waals surface area (Å²) in [4.78, 5) is 8.68. The van der Waals surface area contributed by atoms with E-state index < -0.39 is 0 Å². The maximum Gasteiger partial charge on any atom is 0.156 e. The fourth-order valence-electron chi connectivity index (χ4n) is 2.07. The Kier molecular flexibility index (Phi) is 4.13. The molecule has 0 bridgehead atoms. The number of ether oxygens (including phenoxy) is 1. The summed E-state index contributed by atoms with van der Waals surface area (Å²) in [6.07, 6.45) is 3.47. The Morgan fingerprint density at radius 2 is 1.95 bits per heavy atom. The van der Waals surface area contributed by atoms with Crippen LogP contribution in [0.5, 0.6) is 11.5 Å². The first-order valence-corrected chi connectivity index (χ1v) is 7.37. The molecule has 1 aromatic carbocycles. The molecule has 5 heteroatoms. The Bertz CT molecular complexity index is 759. The Balaban J connectivity index is 1.90. The largest absolute Gasteiger partial charge is 0.455 e. The molecule has 4 nitrogen and oxygen atoms in total. The minimum absolute atomic E-state index is 0.703. The van der Waals surface area contributed by atoms with Crippen molar-refractivity contribution in [1.82, 2.24) is 15.3 Å². The number of halogens is 1. The Morgan fingerprint density at radius 1 is 1.14 bits per heavy atom. The van der Waals surface area contributed by atoms with Crippen LogP contribution in [-0.4, -0.2) is 17.0 Å². The average molecular weight is 344 g/mol. The van der Waals surface area contributed by atoms with Gasteiger partial charge in [-0.1, -0.05) is 12.1 Å². The average Bonchev–Trinajstić information content (AvgIpc) is 2.49. The molecule has 2 heterocycles. The summed E-state index contributed by atoms with van der Waals surface area (Å²) in [5, 5.41) is 3.12. The second kappa shape index (κ2) is 6.20. The van der Waals surface area contributed by atoms with Crippen LogP contribution in [0.4, 0.5) is 0 Å². The second-order valence-corrected chi connectivity index (χ2v) is 5.52. The molecule has 0 unspecified atom stereocenters. The van der Waals surface area contributed by atoms with E-state index in [0.717, 1.165) is 27.8 Å². The van der Waals surface area contributed by atoms with Crippen LogP contribution in [0, 0.1) is 0 Å². The van der Waals surface area contributed by atoms with Gasteiger partial charge in [0.05, 0.1) is 5.52 Å². The summed E-state index contributed by atoms with van der Waals surface area (Å²) >= 11 is 3.40. The van der Waals surface area contributed by atoms with E-state index >= 15 is 0 Å². The van der Waals surface area contributed by atoms with Crippen LogP contribution >= 0.6 is 15.9 Å². The van der Waals surface area contributed by atoms with Crippen molar-refractivity contribution in [3.63, 3.8) is 0 Å². The van der Waals surface area contributed by atoms with E-state index in [1.165, 1.54) is 5.56 Å². The number of nitrogens with one attached hydrogen (secondary N) is 1. The zero-order valence-corrected chi connectivity index (χ0v) is 13.1. The van der Waals surface area contributed by atoms with Gasteiger partial charge in [0, 0.05) is 29.5 Å². The fourth-order valence-corrected chi connectivity index (χ4v) is 2.39. The molecule has 3 rings (SSSR count). The third-order valence-electron chi connectivity index (χ3n) is 3.04. The van der Waals surface area contributed by atoms with E-state index in [0.29, 0.717) is 5.75 Å². The Morgan fingerprint density at radius 3 is 2.71 bits per heavy atom. The van der Waals surface area contributed by atoms with Crippen LogP contribution in [0.3, 0.4) is 0 Å². The molecule has 1 N–H and O–H groups in total. The molecule has 0 spiro atoms. The highest BCUT2D eigenvalue weighted by molar-refractivity contribution is 9.10. The van der Waals surface area contributed by atoms with Gasteiger partial charge in [-0.05, 0) is 46.7 Å². The molecule has 0 saturated heterocycles. The first-order valence-electron chi connectivity index (χ1n) is 6.58. The van der Waals surface area contributed by atoms with E-state index in [9.17, 15) is 0 Å². The third-order valence-corrected chi connectivity index (χ3v) is 3.47. The molecule has 0 saturated carbocycles. The van der Waals surface area contributed by atoms with Gasteiger partial charge in [-0.3, -0.25) is 4.98 Å². The molecule has 0 atom stereocenters. The smallest absolute Gasteiger partial charge is 0.156 e. The number of hydrogen-bond acceptors (Lipinski definition) is 4. The molecular weight excluding hydrogens is 330 g/mol. The SMILES string of the molecule is CNCc1ccc(Oc2ccnc3cc(Br)cnc23)cc1.